The van der Waals surface area contributed by atoms with E-state index in [0.29, 0.717) is 45.3 Å². The van der Waals surface area contributed by atoms with Crippen molar-refractivity contribution < 1.29 is 18.4 Å². The van der Waals surface area contributed by atoms with Crippen LogP contribution in [0, 0.1) is 25.7 Å². The van der Waals surface area contributed by atoms with Crippen molar-refractivity contribution >= 4 is 56.4 Å². The number of halogens is 2. The van der Waals surface area contributed by atoms with Crippen molar-refractivity contribution in [3.63, 3.8) is 0 Å². The van der Waals surface area contributed by atoms with E-state index in [1.165, 1.54) is 9.13 Å². The van der Waals surface area contributed by atoms with Crippen LogP contribution in [0.2, 0.25) is 0 Å². The average molecular weight is 733 g/mol. The van der Waals surface area contributed by atoms with E-state index in [1.807, 2.05) is 38.1 Å². The van der Waals surface area contributed by atoms with Crippen molar-refractivity contribution in [1.82, 2.24) is 19.1 Å². The lowest BCUT2D eigenvalue weighted by molar-refractivity contribution is -0.118. The Labute approximate surface area is 307 Å². The third-order valence-electron chi connectivity index (χ3n) is 9.87. The lowest BCUT2D eigenvalue weighted by atomic mass is 9.98. The number of fused-ring (bicyclic) bond motifs is 2. The number of pyridine rings is 4. The topological polar surface area (TPSA) is 180 Å². The number of nitrogens with one attached hydrogen (secondary N) is 2. The zero-order valence-electron chi connectivity index (χ0n) is 30.0. The summed E-state index contributed by atoms with van der Waals surface area (Å²) >= 11 is 0. The SMILES string of the molecule is Cc1ccn(C)c(=O)c1-c1cc(N)c2cnc(NC(=O)[C@@H]3C[C@@H]3F)cc2c1.Cc1ccn(C)c(=O)c1-c1cc(N)c2cnc(NC(=O)[C@H]3C[C@H]3F)cc2c1. The molecule has 14 heteroatoms. The van der Waals surface area contributed by atoms with E-state index in [0.717, 1.165) is 32.7 Å². The molecule has 54 heavy (non-hydrogen) atoms. The Balaban J connectivity index is 0.000000167. The monoisotopic (exact) mass is 732 g/mol. The summed E-state index contributed by atoms with van der Waals surface area (Å²) in [6, 6.07) is 14.3. The number of amides is 2. The third kappa shape index (κ3) is 7.01. The van der Waals surface area contributed by atoms with Crippen LogP contribution in [0.1, 0.15) is 24.0 Å². The Bertz CT molecular complexity index is 2460. The predicted molar refractivity (Wildman–Crippen MR) is 206 cm³/mol. The van der Waals surface area contributed by atoms with Gasteiger partial charge < -0.3 is 31.2 Å². The average Bonchev–Trinajstić information content (AvgIpc) is 4.05. The number of nitrogen functional groups attached to an aromatic ring is 2. The molecule has 2 aliphatic carbocycles. The number of carbonyl (C=O) groups excluding carboxylic acids is 2. The Kier molecular flexibility index (Phi) is 9.21. The molecule has 12 nitrogen and oxygen atoms in total. The number of nitrogens with zero attached hydrogens (tertiary/aromatic N) is 4. The molecule has 6 aromatic rings. The number of alkyl halides is 2. The van der Waals surface area contributed by atoms with E-state index in [1.54, 1.807) is 63.1 Å². The first-order valence-corrected chi connectivity index (χ1v) is 17.3. The van der Waals surface area contributed by atoms with E-state index in [-0.39, 0.29) is 35.8 Å². The molecule has 2 aromatic carbocycles. The summed E-state index contributed by atoms with van der Waals surface area (Å²) in [5.74, 6) is -1.25. The molecule has 4 aromatic heterocycles. The van der Waals surface area contributed by atoms with Crippen LogP contribution in [-0.2, 0) is 23.7 Å². The van der Waals surface area contributed by atoms with Crippen molar-refractivity contribution in [2.24, 2.45) is 25.9 Å². The smallest absolute Gasteiger partial charge is 0.258 e. The number of benzene rings is 2. The highest BCUT2D eigenvalue weighted by Gasteiger charge is 2.44. The molecule has 0 spiro atoms. The minimum atomic E-state index is -1.06. The Morgan fingerprint density at radius 1 is 0.685 bits per heavy atom. The number of carbonyl (C=O) groups is 2. The second kappa shape index (κ2) is 13.8. The summed E-state index contributed by atoms with van der Waals surface area (Å²) in [7, 11) is 3.40. The number of rotatable bonds is 6. The van der Waals surface area contributed by atoms with E-state index in [9.17, 15) is 28.0 Å². The zero-order valence-corrected chi connectivity index (χ0v) is 30.0. The minimum absolute atomic E-state index is 0.112. The molecule has 4 atom stereocenters. The van der Waals surface area contributed by atoms with Crippen LogP contribution < -0.4 is 33.2 Å². The maximum Gasteiger partial charge on any atom is 0.258 e. The maximum absolute atomic E-state index is 13.1. The largest absolute Gasteiger partial charge is 0.398 e. The van der Waals surface area contributed by atoms with Crippen LogP contribution in [0.5, 0.6) is 0 Å². The van der Waals surface area contributed by atoms with E-state index >= 15 is 0 Å². The van der Waals surface area contributed by atoms with E-state index < -0.39 is 24.2 Å². The van der Waals surface area contributed by atoms with Gasteiger partial charge in [0.25, 0.3) is 11.1 Å². The first-order valence-electron chi connectivity index (χ1n) is 17.3. The van der Waals surface area contributed by atoms with Crippen molar-refractivity contribution in [2.75, 3.05) is 22.1 Å². The molecule has 6 N–H and O–H groups in total. The second-order valence-corrected chi connectivity index (χ2v) is 14.0. The number of hydrogen-bond donors (Lipinski definition) is 4. The lowest BCUT2D eigenvalue weighted by Gasteiger charge is -2.11. The molecule has 276 valence electrons. The summed E-state index contributed by atoms with van der Waals surface area (Å²) in [6.45, 7) is 3.75. The number of hydrogen-bond acceptors (Lipinski definition) is 8. The highest BCUT2D eigenvalue weighted by molar-refractivity contribution is 6.01. The maximum atomic E-state index is 13.1. The molecule has 0 unspecified atom stereocenters. The van der Waals surface area contributed by atoms with Crippen LogP contribution in [0.4, 0.5) is 31.8 Å². The number of aryl methyl sites for hydroxylation is 4. The fourth-order valence-electron chi connectivity index (χ4n) is 6.45. The molecule has 2 saturated carbocycles. The van der Waals surface area contributed by atoms with E-state index in [4.69, 9.17) is 11.5 Å². The van der Waals surface area contributed by atoms with Gasteiger partial charge in [-0.2, -0.15) is 0 Å². The molecule has 0 radical (unpaired) electrons. The van der Waals surface area contributed by atoms with Crippen molar-refractivity contribution in [3.05, 3.63) is 105 Å². The van der Waals surface area contributed by atoms with Gasteiger partial charge in [-0.05, 0) is 108 Å². The summed E-state index contributed by atoms with van der Waals surface area (Å²) in [4.78, 5) is 57.4. The molecule has 8 rings (SSSR count). The molecule has 4 heterocycles. The van der Waals surface area contributed by atoms with Gasteiger partial charge in [-0.15, -0.1) is 0 Å². The van der Waals surface area contributed by atoms with Crippen LogP contribution >= 0.6 is 0 Å². The fraction of sp³-hybridized carbons (Fsp3) is 0.250. The number of aromatic nitrogens is 4. The lowest BCUT2D eigenvalue weighted by Crippen LogP contribution is -2.19. The van der Waals surface area contributed by atoms with Gasteiger partial charge in [-0.3, -0.25) is 19.2 Å². The number of anilines is 4. The molecule has 2 aliphatic rings. The first kappa shape index (κ1) is 35.9. The van der Waals surface area contributed by atoms with Gasteiger partial charge in [-0.1, -0.05) is 0 Å². The highest BCUT2D eigenvalue weighted by Crippen LogP contribution is 2.37. The summed E-state index contributed by atoms with van der Waals surface area (Å²) in [5.41, 5.74) is 17.4. The predicted octanol–water partition coefficient (Wildman–Crippen LogP) is 5.58. The quantitative estimate of drug-likeness (QED) is 0.160. The summed E-state index contributed by atoms with van der Waals surface area (Å²) < 4.78 is 29.1. The summed E-state index contributed by atoms with van der Waals surface area (Å²) in [5, 5.41) is 8.21. The van der Waals surface area contributed by atoms with Crippen molar-refractivity contribution in [2.45, 2.75) is 39.0 Å². The molecule has 2 amide bonds. The van der Waals surface area contributed by atoms with Crippen molar-refractivity contribution in [3.8, 4) is 22.3 Å². The second-order valence-electron chi connectivity index (χ2n) is 14.0. The normalized spacial score (nSPS) is 18.5. The van der Waals surface area contributed by atoms with Gasteiger partial charge in [0.2, 0.25) is 11.8 Å². The minimum Gasteiger partial charge on any atom is -0.398 e. The Hall–Kier alpha value is -6.44. The van der Waals surface area contributed by atoms with Crippen LogP contribution in [0.15, 0.2) is 82.9 Å². The standard InChI is InChI=1S/2C20H19FN4O2/c2*1-10-3-4-25(2)20(27)18(10)12-5-11-7-17(23-9-14(11)16(22)6-12)24-19(26)13-8-15(13)21/h2*3-7,9,13,15H,8,22H2,1-2H3,(H,23,24,26)/t2*13-,15+/m10/s1. The highest BCUT2D eigenvalue weighted by atomic mass is 19.1. The first-order chi connectivity index (χ1) is 25.7. The van der Waals surface area contributed by atoms with Crippen LogP contribution in [0.25, 0.3) is 43.8 Å². The Morgan fingerprint density at radius 3 is 1.41 bits per heavy atom. The van der Waals surface area contributed by atoms with E-state index in [2.05, 4.69) is 20.6 Å². The van der Waals surface area contributed by atoms with Gasteiger partial charge in [0.05, 0.1) is 23.0 Å². The van der Waals surface area contributed by atoms with Gasteiger partial charge >= 0.3 is 0 Å². The van der Waals surface area contributed by atoms with Gasteiger partial charge in [-0.25, -0.2) is 18.7 Å². The number of nitrogens with two attached hydrogens (primary N) is 2. The molecule has 0 aliphatic heterocycles. The van der Waals surface area contributed by atoms with Gasteiger partial charge in [0.15, 0.2) is 0 Å². The third-order valence-corrected chi connectivity index (χ3v) is 9.87. The van der Waals surface area contributed by atoms with Crippen LogP contribution in [0.3, 0.4) is 0 Å². The van der Waals surface area contributed by atoms with Gasteiger partial charge in [0.1, 0.15) is 24.0 Å². The van der Waals surface area contributed by atoms with Gasteiger partial charge in [0, 0.05) is 61.0 Å². The fourth-order valence-corrected chi connectivity index (χ4v) is 6.45. The van der Waals surface area contributed by atoms with Crippen LogP contribution in [-0.4, -0.2) is 43.3 Å². The molecule has 2 fully saturated rings. The Morgan fingerprint density at radius 2 is 1.06 bits per heavy atom. The summed E-state index contributed by atoms with van der Waals surface area (Å²) in [6.07, 6.45) is 4.97. The molecule has 0 saturated heterocycles. The van der Waals surface area contributed by atoms with Crippen molar-refractivity contribution in [1.29, 1.82) is 0 Å². The zero-order chi connectivity index (χ0) is 38.6. The molecule has 0 bridgehead atoms. The molecular weight excluding hydrogens is 694 g/mol. The molecular formula is C40H38F2N8O4.